The Morgan fingerprint density at radius 2 is 2.12 bits per heavy atom. The van der Waals surface area contributed by atoms with Crippen molar-refractivity contribution >= 4 is 23.6 Å². The van der Waals surface area contributed by atoms with Crippen molar-refractivity contribution in [3.05, 3.63) is 0 Å². The van der Waals surface area contributed by atoms with Crippen LogP contribution in [0.1, 0.15) is 39.0 Å². The second-order valence-electron chi connectivity index (χ2n) is 4.74. The van der Waals surface area contributed by atoms with Gasteiger partial charge >= 0.3 is 5.97 Å². The van der Waals surface area contributed by atoms with E-state index in [0.29, 0.717) is 12.8 Å². The van der Waals surface area contributed by atoms with Crippen molar-refractivity contribution in [2.45, 2.75) is 45.1 Å². The molecule has 4 nitrogen and oxygen atoms in total. The lowest BCUT2D eigenvalue weighted by Crippen LogP contribution is -2.45. The Morgan fingerprint density at radius 1 is 1.47 bits per heavy atom. The molecular formula is C12H21NO3S. The largest absolute Gasteiger partial charge is 0.481 e. The predicted molar refractivity (Wildman–Crippen MR) is 69.1 cm³/mol. The standard InChI is InChI=1S/C12H21NO3S/c1-3-9(8-17-2)13-10(14)7-12(11(15)16)5-4-6-12/h9H,3-8H2,1-2H3,(H,13,14)(H,15,16). The van der Waals surface area contributed by atoms with Crippen LogP contribution in [0.5, 0.6) is 0 Å². The summed E-state index contributed by atoms with van der Waals surface area (Å²) in [6.07, 6.45) is 5.20. The van der Waals surface area contributed by atoms with E-state index in [2.05, 4.69) is 5.32 Å². The third-order valence-corrected chi connectivity index (χ3v) is 4.22. The van der Waals surface area contributed by atoms with Gasteiger partial charge in [-0.15, -0.1) is 0 Å². The lowest BCUT2D eigenvalue weighted by molar-refractivity contribution is -0.157. The first kappa shape index (κ1) is 14.4. The van der Waals surface area contributed by atoms with Gasteiger partial charge in [-0.05, 0) is 25.5 Å². The minimum Gasteiger partial charge on any atom is -0.481 e. The van der Waals surface area contributed by atoms with Crippen LogP contribution in [0.2, 0.25) is 0 Å². The fraction of sp³-hybridized carbons (Fsp3) is 0.833. The second kappa shape index (κ2) is 6.28. The second-order valence-corrected chi connectivity index (χ2v) is 5.65. The van der Waals surface area contributed by atoms with Crippen molar-refractivity contribution in [2.75, 3.05) is 12.0 Å². The quantitative estimate of drug-likeness (QED) is 0.732. The Morgan fingerprint density at radius 3 is 2.47 bits per heavy atom. The molecule has 0 aromatic heterocycles. The summed E-state index contributed by atoms with van der Waals surface area (Å²) in [6.45, 7) is 2.03. The van der Waals surface area contributed by atoms with Crippen molar-refractivity contribution in [3.8, 4) is 0 Å². The van der Waals surface area contributed by atoms with Crippen LogP contribution in [-0.2, 0) is 9.59 Å². The summed E-state index contributed by atoms with van der Waals surface area (Å²) >= 11 is 1.69. The third-order valence-electron chi connectivity index (χ3n) is 3.49. The fourth-order valence-electron chi connectivity index (χ4n) is 2.12. The number of hydrogen-bond acceptors (Lipinski definition) is 3. The molecule has 98 valence electrons. The molecule has 0 spiro atoms. The Balaban J connectivity index is 2.45. The Hall–Kier alpha value is -0.710. The molecule has 0 heterocycles. The first-order chi connectivity index (χ1) is 8.04. The highest BCUT2D eigenvalue weighted by molar-refractivity contribution is 7.98. The van der Waals surface area contributed by atoms with Gasteiger partial charge in [-0.1, -0.05) is 13.3 Å². The van der Waals surface area contributed by atoms with Gasteiger partial charge in [-0.3, -0.25) is 9.59 Å². The predicted octanol–water partition coefficient (Wildman–Crippen LogP) is 1.89. The van der Waals surface area contributed by atoms with Crippen LogP contribution in [0.15, 0.2) is 0 Å². The average molecular weight is 259 g/mol. The maximum Gasteiger partial charge on any atom is 0.310 e. The highest BCUT2D eigenvalue weighted by Gasteiger charge is 2.45. The maximum absolute atomic E-state index is 11.8. The van der Waals surface area contributed by atoms with Crippen molar-refractivity contribution in [2.24, 2.45) is 5.41 Å². The van der Waals surface area contributed by atoms with E-state index in [0.717, 1.165) is 18.6 Å². The van der Waals surface area contributed by atoms with E-state index in [1.165, 1.54) is 0 Å². The zero-order chi connectivity index (χ0) is 12.9. The molecule has 2 N–H and O–H groups in total. The average Bonchev–Trinajstić information content (AvgIpc) is 2.22. The summed E-state index contributed by atoms with van der Waals surface area (Å²) in [5.41, 5.74) is -0.776. The van der Waals surface area contributed by atoms with E-state index in [4.69, 9.17) is 5.11 Å². The molecule has 0 radical (unpaired) electrons. The summed E-state index contributed by atoms with van der Waals surface area (Å²) in [7, 11) is 0. The van der Waals surface area contributed by atoms with Gasteiger partial charge in [0.25, 0.3) is 0 Å². The van der Waals surface area contributed by atoms with Gasteiger partial charge in [-0.25, -0.2) is 0 Å². The molecule has 0 aromatic rings. The van der Waals surface area contributed by atoms with Gasteiger partial charge in [0.05, 0.1) is 5.41 Å². The van der Waals surface area contributed by atoms with Crippen LogP contribution >= 0.6 is 11.8 Å². The SMILES string of the molecule is CCC(CSC)NC(=O)CC1(C(=O)O)CCC1. The van der Waals surface area contributed by atoms with E-state index in [-0.39, 0.29) is 18.4 Å². The third kappa shape index (κ3) is 3.63. The van der Waals surface area contributed by atoms with Gasteiger partial charge < -0.3 is 10.4 Å². The number of amides is 1. The smallest absolute Gasteiger partial charge is 0.310 e. The summed E-state index contributed by atoms with van der Waals surface area (Å²) in [4.78, 5) is 23.0. The summed E-state index contributed by atoms with van der Waals surface area (Å²) < 4.78 is 0. The lowest BCUT2D eigenvalue weighted by Gasteiger charge is -2.37. The number of carboxylic acids is 1. The molecular weight excluding hydrogens is 238 g/mol. The molecule has 0 bridgehead atoms. The van der Waals surface area contributed by atoms with E-state index < -0.39 is 11.4 Å². The molecule has 0 aliphatic heterocycles. The lowest BCUT2D eigenvalue weighted by atomic mass is 9.66. The fourth-order valence-corrected chi connectivity index (χ4v) is 2.84. The minimum absolute atomic E-state index is 0.118. The highest BCUT2D eigenvalue weighted by Crippen LogP contribution is 2.44. The number of carbonyl (C=O) groups excluding carboxylic acids is 1. The topological polar surface area (TPSA) is 66.4 Å². The number of carboxylic acid groups (broad SMARTS) is 1. The number of rotatable bonds is 7. The normalized spacial score (nSPS) is 19.2. The highest BCUT2D eigenvalue weighted by atomic mass is 32.2. The van der Waals surface area contributed by atoms with Crippen LogP contribution in [0.25, 0.3) is 0 Å². The number of hydrogen-bond donors (Lipinski definition) is 2. The van der Waals surface area contributed by atoms with E-state index in [1.807, 2.05) is 13.2 Å². The molecule has 1 rings (SSSR count). The van der Waals surface area contributed by atoms with Crippen LogP contribution in [-0.4, -0.2) is 35.0 Å². The van der Waals surface area contributed by atoms with E-state index >= 15 is 0 Å². The molecule has 5 heteroatoms. The molecule has 1 atom stereocenters. The zero-order valence-corrected chi connectivity index (χ0v) is 11.3. The molecule has 1 fully saturated rings. The Labute approximate surface area is 107 Å². The molecule has 1 saturated carbocycles. The molecule has 1 aliphatic rings. The molecule has 1 unspecified atom stereocenters. The number of carbonyl (C=O) groups is 2. The van der Waals surface area contributed by atoms with Crippen molar-refractivity contribution in [3.63, 3.8) is 0 Å². The van der Waals surface area contributed by atoms with Gasteiger partial charge in [0.15, 0.2) is 0 Å². The Bertz CT molecular complexity index is 289. The summed E-state index contributed by atoms with van der Waals surface area (Å²) in [5.74, 6) is -0.0627. The van der Waals surface area contributed by atoms with Crippen LogP contribution in [0, 0.1) is 5.41 Å². The van der Waals surface area contributed by atoms with Gasteiger partial charge in [-0.2, -0.15) is 11.8 Å². The number of nitrogens with one attached hydrogen (secondary N) is 1. The van der Waals surface area contributed by atoms with Crippen LogP contribution in [0.3, 0.4) is 0 Å². The zero-order valence-electron chi connectivity index (χ0n) is 10.5. The number of aliphatic carboxylic acids is 1. The summed E-state index contributed by atoms with van der Waals surface area (Å²) in [5, 5.41) is 12.1. The molecule has 1 amide bonds. The van der Waals surface area contributed by atoms with Crippen molar-refractivity contribution in [1.82, 2.24) is 5.32 Å². The van der Waals surface area contributed by atoms with Crippen LogP contribution in [0.4, 0.5) is 0 Å². The summed E-state index contributed by atoms with van der Waals surface area (Å²) in [6, 6.07) is 0.156. The monoisotopic (exact) mass is 259 g/mol. The molecule has 17 heavy (non-hydrogen) atoms. The Kier molecular flexibility index (Phi) is 5.31. The van der Waals surface area contributed by atoms with Gasteiger partial charge in [0, 0.05) is 18.2 Å². The minimum atomic E-state index is -0.822. The van der Waals surface area contributed by atoms with Crippen LogP contribution < -0.4 is 5.32 Å². The molecule has 0 aromatic carbocycles. The maximum atomic E-state index is 11.8. The molecule has 1 aliphatic carbocycles. The van der Waals surface area contributed by atoms with Crippen molar-refractivity contribution in [1.29, 1.82) is 0 Å². The number of thioether (sulfide) groups is 1. The van der Waals surface area contributed by atoms with Gasteiger partial charge in [0.1, 0.15) is 0 Å². The first-order valence-electron chi connectivity index (χ1n) is 6.06. The van der Waals surface area contributed by atoms with E-state index in [9.17, 15) is 9.59 Å². The van der Waals surface area contributed by atoms with Gasteiger partial charge in [0.2, 0.25) is 5.91 Å². The van der Waals surface area contributed by atoms with Crippen molar-refractivity contribution < 1.29 is 14.7 Å². The molecule has 0 saturated heterocycles. The first-order valence-corrected chi connectivity index (χ1v) is 7.45. The van der Waals surface area contributed by atoms with E-state index in [1.54, 1.807) is 11.8 Å².